The molecule has 0 aliphatic rings. The van der Waals surface area contributed by atoms with E-state index in [1.54, 1.807) is 0 Å². The molecule has 0 fully saturated rings. The molecule has 0 saturated carbocycles. The lowest BCUT2D eigenvalue weighted by Crippen LogP contribution is -2.47. The van der Waals surface area contributed by atoms with Gasteiger partial charge in [-0.15, -0.1) is 12.4 Å². The third kappa shape index (κ3) is 18.3. The number of rotatable bonds is 29. The van der Waals surface area contributed by atoms with Crippen molar-refractivity contribution in [2.45, 2.75) is 35.7 Å². The van der Waals surface area contributed by atoms with Crippen molar-refractivity contribution in [3.63, 3.8) is 0 Å². The maximum absolute atomic E-state index is 13.5. The number of carbonyl (C=O) groups excluding carboxylic acids is 2. The lowest BCUT2D eigenvalue weighted by molar-refractivity contribution is -0.145. The molecule has 4 rings (SSSR count). The van der Waals surface area contributed by atoms with Crippen molar-refractivity contribution >= 4 is 79.6 Å². The zero-order valence-electron chi connectivity index (χ0n) is 36.1. The van der Waals surface area contributed by atoms with Crippen LogP contribution in [0.15, 0.2) is 97.1 Å². The van der Waals surface area contributed by atoms with Gasteiger partial charge in [0.05, 0.1) is 50.4 Å². The number of nitrogen functional groups attached to an aromatic ring is 2. The van der Waals surface area contributed by atoms with Crippen molar-refractivity contribution in [1.29, 1.82) is 0 Å². The average molecular weight is 1030 g/mol. The van der Waals surface area contributed by atoms with Crippen LogP contribution in [0.25, 0.3) is 0 Å². The van der Waals surface area contributed by atoms with Gasteiger partial charge in [-0.1, -0.05) is 24.3 Å². The first-order valence-electron chi connectivity index (χ1n) is 20.0. The molecule has 12 N–H and O–H groups in total. The van der Waals surface area contributed by atoms with E-state index in [4.69, 9.17) is 40.6 Å². The molecule has 0 heterocycles. The number of carboxylic acids is 4. The number of carboxylic acid groups (broad SMARTS) is 4. The molecule has 4 atom stereocenters. The van der Waals surface area contributed by atoms with Gasteiger partial charge in [-0.25, -0.2) is 26.4 Å². The molecule has 4 aromatic carbocycles. The average Bonchev–Trinajstić information content (AvgIpc) is 3.27. The highest BCUT2D eigenvalue weighted by Crippen LogP contribution is 2.25. The van der Waals surface area contributed by atoms with Gasteiger partial charge in [0.15, 0.2) is 10.7 Å². The summed E-state index contributed by atoms with van der Waals surface area (Å²) >= 11 is 0. The second-order valence-electron chi connectivity index (χ2n) is 14.4. The number of sulfonamides is 2. The Morgan fingerprint density at radius 1 is 0.493 bits per heavy atom. The van der Waals surface area contributed by atoms with Crippen LogP contribution in [-0.2, 0) is 48.7 Å². The number of ether oxygens (including phenoxy) is 4. The van der Waals surface area contributed by atoms with E-state index < -0.39 is 91.5 Å². The van der Waals surface area contributed by atoms with E-state index >= 15 is 0 Å². The minimum Gasteiger partial charge on any atom is -0.481 e. The number of hydrogen-bond donors (Lipinski definition) is 10. The number of aliphatic carboxylic acids is 4. The summed E-state index contributed by atoms with van der Waals surface area (Å²) in [4.78, 5) is 71.1. The molecule has 0 amide bonds. The molecule has 0 saturated heterocycles. The Kier molecular flexibility index (Phi) is 21.9. The second kappa shape index (κ2) is 26.7. The lowest BCUT2D eigenvalue weighted by atomic mass is 10.2. The monoisotopic (exact) mass is 1020 g/mol. The van der Waals surface area contributed by atoms with Crippen LogP contribution in [0.1, 0.15) is 55.4 Å². The van der Waals surface area contributed by atoms with Gasteiger partial charge in [0.1, 0.15) is 23.6 Å². The van der Waals surface area contributed by atoms with Crippen LogP contribution in [-0.4, -0.2) is 125 Å². The zero-order chi connectivity index (χ0) is 50.0. The number of nitrogens with one attached hydrogen (secondary N) is 4. The predicted octanol–water partition coefficient (Wildman–Crippen LogP) is 1.32. The highest BCUT2D eigenvalue weighted by atomic mass is 35.5. The minimum absolute atomic E-state index is 0. The summed E-state index contributed by atoms with van der Waals surface area (Å²) in [7, 11) is -9.33. The lowest BCUT2D eigenvalue weighted by Gasteiger charge is -2.23. The second-order valence-corrected chi connectivity index (χ2v) is 18.0. The number of hydrogen-bond acceptors (Lipinski definition) is 18. The molecule has 69 heavy (non-hydrogen) atoms. The number of carbonyl (C=O) groups is 6. The highest BCUT2D eigenvalue weighted by Gasteiger charge is 2.35. The Labute approximate surface area is 400 Å². The summed E-state index contributed by atoms with van der Waals surface area (Å²) in [6, 6.07) is 18.1. The third-order valence-electron chi connectivity index (χ3n) is 9.19. The Bertz CT molecular complexity index is 2430. The fourth-order valence-corrected chi connectivity index (χ4v) is 9.03. The van der Waals surface area contributed by atoms with E-state index in [9.17, 15) is 55.8 Å². The van der Waals surface area contributed by atoms with Crippen molar-refractivity contribution in [2.75, 3.05) is 51.0 Å². The van der Waals surface area contributed by atoms with Crippen molar-refractivity contribution in [2.24, 2.45) is 0 Å². The van der Waals surface area contributed by atoms with Gasteiger partial charge in [0.2, 0.25) is 20.0 Å². The van der Waals surface area contributed by atoms with E-state index in [-0.39, 0.29) is 85.7 Å². The van der Waals surface area contributed by atoms with Crippen LogP contribution in [0.3, 0.4) is 0 Å². The fourth-order valence-electron chi connectivity index (χ4n) is 5.89. The number of anilines is 2. The standard InChI is InChI=1S/C42H48N6O18S2.ClH/c43-29-9-1-27(2-10-29)41(57)65-31-13-5-25(6-14-31)37(67(59,60)47-33(39(53)54)23-35(49)50)45-17-19-63-21-22-64-20-18-46-38(68(61,62)48-34(40(55)56)24-36(51)52)26-7-15-32(16-8-26)66-42(58)28-3-11-30(44)12-4-28;/h1-16,33-34,37-38,45-48H,17-24,43-44H2,(H,49,50)(H,51,52)(H,53,54)(H,55,56);1H. The summed E-state index contributed by atoms with van der Waals surface area (Å²) < 4.78 is 79.5. The normalized spacial score (nSPS) is 13.2. The third-order valence-corrected chi connectivity index (χ3v) is 12.5. The molecule has 0 aromatic heterocycles. The Morgan fingerprint density at radius 2 is 0.812 bits per heavy atom. The molecule has 0 bridgehead atoms. The van der Waals surface area contributed by atoms with Crippen molar-refractivity contribution in [1.82, 2.24) is 20.1 Å². The SMILES string of the molecule is Cl.Nc1ccc(C(=O)Oc2ccc(C(NCCOCCOCCNC(c3ccc(OC(=O)c4ccc(N)cc4)cc3)S(=O)(=O)NC(CC(=O)O)C(=O)O)S(=O)(=O)NC(CC(=O)O)C(=O)O)cc2)cc1. The van der Waals surface area contributed by atoms with E-state index in [2.05, 4.69) is 10.6 Å². The Morgan fingerprint density at radius 3 is 1.10 bits per heavy atom. The van der Waals surface area contributed by atoms with Gasteiger partial charge in [0, 0.05) is 24.5 Å². The van der Waals surface area contributed by atoms with Gasteiger partial charge in [-0.05, 0) is 83.9 Å². The first-order chi connectivity index (χ1) is 32.1. The Hall–Kier alpha value is -6.75. The van der Waals surface area contributed by atoms with Crippen LogP contribution in [0.5, 0.6) is 11.5 Å². The van der Waals surface area contributed by atoms with Crippen molar-refractivity contribution in [3.05, 3.63) is 119 Å². The molecular formula is C42H49ClN6O18S2. The molecule has 4 unspecified atom stereocenters. The molecule has 27 heteroatoms. The smallest absolute Gasteiger partial charge is 0.343 e. The van der Waals surface area contributed by atoms with E-state index in [1.165, 1.54) is 97.1 Å². The maximum Gasteiger partial charge on any atom is 0.343 e. The van der Waals surface area contributed by atoms with Crippen molar-refractivity contribution < 1.29 is 85.0 Å². The van der Waals surface area contributed by atoms with Crippen LogP contribution < -0.4 is 41.0 Å². The van der Waals surface area contributed by atoms with Crippen LogP contribution >= 0.6 is 12.4 Å². The summed E-state index contributed by atoms with van der Waals surface area (Å²) in [6.45, 7) is -0.742. The van der Waals surface area contributed by atoms with Crippen LogP contribution in [0, 0.1) is 0 Å². The first kappa shape index (κ1) is 56.6. The quantitative estimate of drug-likeness (QED) is 0.0159. The molecular weight excluding hydrogens is 976 g/mol. The first-order valence-corrected chi connectivity index (χ1v) is 23.1. The van der Waals surface area contributed by atoms with E-state index in [1.807, 2.05) is 9.44 Å². The van der Waals surface area contributed by atoms with Gasteiger partial charge in [-0.2, -0.15) is 9.44 Å². The molecule has 4 aromatic rings. The van der Waals surface area contributed by atoms with E-state index in [0.29, 0.717) is 11.4 Å². The molecule has 0 aliphatic heterocycles. The number of esters is 2. The van der Waals surface area contributed by atoms with Gasteiger partial charge < -0.3 is 50.8 Å². The van der Waals surface area contributed by atoms with Crippen LogP contribution in [0.2, 0.25) is 0 Å². The number of benzene rings is 4. The fraction of sp³-hybridized carbons (Fsp3) is 0.286. The summed E-state index contributed by atoms with van der Waals surface area (Å²) in [5.41, 5.74) is 12.6. The molecule has 24 nitrogen and oxygen atoms in total. The van der Waals surface area contributed by atoms with Gasteiger partial charge in [-0.3, -0.25) is 29.8 Å². The summed E-state index contributed by atoms with van der Waals surface area (Å²) in [5, 5.41) is 39.4. The minimum atomic E-state index is -4.67. The predicted molar refractivity (Wildman–Crippen MR) is 246 cm³/mol. The summed E-state index contributed by atoms with van der Waals surface area (Å²) in [6.07, 6.45) is -2.13. The highest BCUT2D eigenvalue weighted by molar-refractivity contribution is 7.90. The molecule has 0 radical (unpaired) electrons. The molecule has 374 valence electrons. The zero-order valence-corrected chi connectivity index (χ0v) is 38.5. The van der Waals surface area contributed by atoms with E-state index in [0.717, 1.165) is 0 Å². The summed E-state index contributed by atoms with van der Waals surface area (Å²) in [5.74, 6) is -8.01. The Balaban J connectivity index is 0.0000126. The van der Waals surface area contributed by atoms with Gasteiger partial charge >= 0.3 is 35.8 Å². The topological polar surface area (TPSA) is 389 Å². The number of halogens is 1. The van der Waals surface area contributed by atoms with Crippen LogP contribution in [0.4, 0.5) is 11.4 Å². The maximum atomic E-state index is 13.5. The molecule has 0 aliphatic carbocycles. The number of nitrogens with two attached hydrogens (primary N) is 2. The van der Waals surface area contributed by atoms with Gasteiger partial charge in [0.25, 0.3) is 0 Å². The van der Waals surface area contributed by atoms with Crippen molar-refractivity contribution in [3.8, 4) is 11.5 Å². The largest absolute Gasteiger partial charge is 0.481 e. The molecule has 0 spiro atoms.